The van der Waals surface area contributed by atoms with E-state index in [4.69, 9.17) is 10.5 Å². The van der Waals surface area contributed by atoms with Gasteiger partial charge in [-0.25, -0.2) is 0 Å². The van der Waals surface area contributed by atoms with Crippen LogP contribution in [-0.4, -0.2) is 30.7 Å². The molecule has 21 heavy (non-hydrogen) atoms. The van der Waals surface area contributed by atoms with E-state index in [0.29, 0.717) is 5.92 Å². The molecule has 4 aliphatic rings. The summed E-state index contributed by atoms with van der Waals surface area (Å²) in [6.45, 7) is 0.808. The van der Waals surface area contributed by atoms with Crippen LogP contribution in [-0.2, 0) is 9.53 Å². The second-order valence-corrected chi connectivity index (χ2v) is 7.71. The van der Waals surface area contributed by atoms with E-state index in [0.717, 1.165) is 37.7 Å². The molecule has 0 radical (unpaired) electrons. The number of nitrogens with one attached hydrogen (secondary N) is 1. The lowest BCUT2D eigenvalue weighted by molar-refractivity contribution is -0.131. The molecule has 0 spiro atoms. The quantitative estimate of drug-likeness (QED) is 0.816. The second kappa shape index (κ2) is 5.54. The number of rotatable bonds is 2. The van der Waals surface area contributed by atoms with Crippen molar-refractivity contribution in [2.45, 2.75) is 69.6 Å². The molecule has 4 rings (SSSR count). The number of ether oxygens (including phenoxy) is 1. The molecule has 1 saturated heterocycles. The molecule has 118 valence electrons. The SMILES string of the molecule is NC1C2CCOC2C1NC(=O)C1CCC2CCCCC2C1. The molecule has 4 heteroatoms. The molecule has 1 aliphatic heterocycles. The first-order valence-electron chi connectivity index (χ1n) is 8.91. The summed E-state index contributed by atoms with van der Waals surface area (Å²) in [4.78, 5) is 12.6. The van der Waals surface area contributed by atoms with Gasteiger partial charge in [-0.3, -0.25) is 4.79 Å². The van der Waals surface area contributed by atoms with Crippen LogP contribution in [0.15, 0.2) is 0 Å². The average molecular weight is 292 g/mol. The molecule has 3 N–H and O–H groups in total. The summed E-state index contributed by atoms with van der Waals surface area (Å²) in [6.07, 6.45) is 10.2. The zero-order valence-electron chi connectivity index (χ0n) is 12.8. The van der Waals surface area contributed by atoms with Crippen molar-refractivity contribution < 1.29 is 9.53 Å². The van der Waals surface area contributed by atoms with E-state index < -0.39 is 0 Å². The Morgan fingerprint density at radius 3 is 2.71 bits per heavy atom. The lowest BCUT2D eigenvalue weighted by Gasteiger charge is -2.46. The molecule has 4 fully saturated rings. The maximum atomic E-state index is 12.6. The van der Waals surface area contributed by atoms with Gasteiger partial charge in [-0.05, 0) is 37.5 Å². The highest BCUT2D eigenvalue weighted by Gasteiger charge is 2.53. The summed E-state index contributed by atoms with van der Waals surface area (Å²) in [5.41, 5.74) is 6.20. The number of carbonyl (C=O) groups is 1. The Hall–Kier alpha value is -0.610. The van der Waals surface area contributed by atoms with Crippen molar-refractivity contribution in [3.63, 3.8) is 0 Å². The zero-order valence-corrected chi connectivity index (χ0v) is 12.8. The largest absolute Gasteiger partial charge is 0.376 e. The van der Waals surface area contributed by atoms with Crippen LogP contribution in [0.5, 0.6) is 0 Å². The molecular weight excluding hydrogens is 264 g/mol. The third-order valence-corrected chi connectivity index (χ3v) is 6.67. The fraction of sp³-hybridized carbons (Fsp3) is 0.941. The maximum Gasteiger partial charge on any atom is 0.223 e. The second-order valence-electron chi connectivity index (χ2n) is 7.71. The van der Waals surface area contributed by atoms with Crippen LogP contribution in [0, 0.1) is 23.7 Å². The Morgan fingerprint density at radius 1 is 1.05 bits per heavy atom. The van der Waals surface area contributed by atoms with Gasteiger partial charge >= 0.3 is 0 Å². The number of nitrogens with two attached hydrogens (primary N) is 1. The van der Waals surface area contributed by atoms with Gasteiger partial charge in [-0.2, -0.15) is 0 Å². The lowest BCUT2D eigenvalue weighted by Crippen LogP contribution is -2.69. The number of hydrogen-bond acceptors (Lipinski definition) is 3. The van der Waals surface area contributed by atoms with E-state index in [-0.39, 0.29) is 30.0 Å². The van der Waals surface area contributed by atoms with E-state index in [1.807, 2.05) is 0 Å². The first kappa shape index (κ1) is 14.0. The van der Waals surface area contributed by atoms with Crippen LogP contribution in [0.2, 0.25) is 0 Å². The first-order chi connectivity index (χ1) is 10.2. The predicted octanol–water partition coefficient (Wildman–Crippen LogP) is 1.82. The van der Waals surface area contributed by atoms with E-state index in [1.165, 1.54) is 32.1 Å². The summed E-state index contributed by atoms with van der Waals surface area (Å²) in [6, 6.07) is 0.168. The van der Waals surface area contributed by atoms with Gasteiger partial charge < -0.3 is 15.8 Å². The van der Waals surface area contributed by atoms with Crippen molar-refractivity contribution in [2.24, 2.45) is 29.4 Å². The van der Waals surface area contributed by atoms with Gasteiger partial charge in [0, 0.05) is 24.5 Å². The molecule has 3 saturated carbocycles. The van der Waals surface area contributed by atoms with Crippen molar-refractivity contribution >= 4 is 5.91 Å². The smallest absolute Gasteiger partial charge is 0.223 e. The molecular formula is C17H28N2O2. The molecule has 7 atom stereocenters. The van der Waals surface area contributed by atoms with Gasteiger partial charge in [0.2, 0.25) is 5.91 Å². The average Bonchev–Trinajstić information content (AvgIpc) is 2.96. The summed E-state index contributed by atoms with van der Waals surface area (Å²) in [5.74, 6) is 2.64. The van der Waals surface area contributed by atoms with Crippen molar-refractivity contribution in [1.29, 1.82) is 0 Å². The fourth-order valence-electron chi connectivity index (χ4n) is 5.32. The number of carbonyl (C=O) groups excluding carboxylic acids is 1. The van der Waals surface area contributed by atoms with Gasteiger partial charge in [0.05, 0.1) is 12.1 Å². The molecule has 1 amide bonds. The van der Waals surface area contributed by atoms with E-state index in [9.17, 15) is 4.79 Å². The molecule has 7 unspecified atom stereocenters. The maximum absolute atomic E-state index is 12.6. The monoisotopic (exact) mass is 292 g/mol. The van der Waals surface area contributed by atoms with Gasteiger partial charge in [0.15, 0.2) is 0 Å². The predicted molar refractivity (Wildman–Crippen MR) is 80.5 cm³/mol. The number of amides is 1. The van der Waals surface area contributed by atoms with E-state index in [1.54, 1.807) is 0 Å². The Bertz CT molecular complexity index is 414. The van der Waals surface area contributed by atoms with Crippen LogP contribution in [0.3, 0.4) is 0 Å². The number of hydrogen-bond donors (Lipinski definition) is 2. The van der Waals surface area contributed by atoms with Crippen LogP contribution < -0.4 is 11.1 Å². The van der Waals surface area contributed by atoms with Crippen molar-refractivity contribution in [3.8, 4) is 0 Å². The number of fused-ring (bicyclic) bond motifs is 2. The Kier molecular flexibility index (Phi) is 3.70. The summed E-state index contributed by atoms with van der Waals surface area (Å²) in [5, 5.41) is 3.21. The minimum atomic E-state index is 0.0640. The topological polar surface area (TPSA) is 64.3 Å². The minimum absolute atomic E-state index is 0.0640. The van der Waals surface area contributed by atoms with Crippen molar-refractivity contribution in [1.82, 2.24) is 5.32 Å². The van der Waals surface area contributed by atoms with Crippen LogP contribution in [0.25, 0.3) is 0 Å². The van der Waals surface area contributed by atoms with Gasteiger partial charge in [0.25, 0.3) is 0 Å². The molecule has 1 heterocycles. The van der Waals surface area contributed by atoms with Crippen LogP contribution >= 0.6 is 0 Å². The summed E-state index contributed by atoms with van der Waals surface area (Å²) >= 11 is 0. The van der Waals surface area contributed by atoms with Crippen LogP contribution in [0.1, 0.15) is 51.4 Å². The van der Waals surface area contributed by atoms with Crippen molar-refractivity contribution in [2.75, 3.05) is 6.61 Å². The molecule has 0 bridgehead atoms. The zero-order chi connectivity index (χ0) is 14.4. The highest BCUT2D eigenvalue weighted by Crippen LogP contribution is 2.43. The fourth-order valence-corrected chi connectivity index (χ4v) is 5.32. The highest BCUT2D eigenvalue weighted by molar-refractivity contribution is 5.79. The Labute approximate surface area is 127 Å². The molecule has 0 aromatic carbocycles. The third-order valence-electron chi connectivity index (χ3n) is 6.67. The third kappa shape index (κ3) is 2.40. The Morgan fingerprint density at radius 2 is 1.86 bits per heavy atom. The minimum Gasteiger partial charge on any atom is -0.376 e. The van der Waals surface area contributed by atoms with E-state index >= 15 is 0 Å². The first-order valence-corrected chi connectivity index (χ1v) is 8.91. The van der Waals surface area contributed by atoms with Gasteiger partial charge in [-0.1, -0.05) is 25.7 Å². The summed E-state index contributed by atoms with van der Waals surface area (Å²) in [7, 11) is 0. The van der Waals surface area contributed by atoms with E-state index in [2.05, 4.69) is 5.32 Å². The van der Waals surface area contributed by atoms with Crippen LogP contribution in [0.4, 0.5) is 0 Å². The molecule has 3 aliphatic carbocycles. The molecule has 0 aromatic heterocycles. The molecule has 0 aromatic rings. The highest BCUT2D eigenvalue weighted by atomic mass is 16.5. The summed E-state index contributed by atoms with van der Waals surface area (Å²) < 4.78 is 5.71. The Balaban J connectivity index is 1.33. The van der Waals surface area contributed by atoms with Crippen molar-refractivity contribution in [3.05, 3.63) is 0 Å². The lowest BCUT2D eigenvalue weighted by atomic mass is 9.67. The normalized spacial score (nSPS) is 48.9. The standard InChI is InChI=1S/C17H28N2O2/c18-14-13-7-8-21-16(13)15(14)19-17(20)12-6-5-10-3-1-2-4-11(10)9-12/h10-16H,1-9,18H2,(H,19,20). The van der Waals surface area contributed by atoms with Gasteiger partial charge in [0.1, 0.15) is 0 Å². The molecule has 4 nitrogen and oxygen atoms in total. The van der Waals surface area contributed by atoms with Gasteiger partial charge in [-0.15, -0.1) is 0 Å².